The standard InChI is InChI=1S/C14H28N2O2/c1-4-7-16(8-9-17)14(18)15-13-6-5-11(2)10-12(13)3/h11-13,17H,4-10H2,1-3H3,(H,15,18). The molecule has 0 aromatic rings. The van der Waals surface area contributed by atoms with Gasteiger partial charge in [-0.05, 0) is 37.5 Å². The molecule has 0 heterocycles. The summed E-state index contributed by atoms with van der Waals surface area (Å²) in [4.78, 5) is 13.8. The van der Waals surface area contributed by atoms with Gasteiger partial charge in [0.1, 0.15) is 0 Å². The van der Waals surface area contributed by atoms with E-state index in [4.69, 9.17) is 5.11 Å². The van der Waals surface area contributed by atoms with Crippen LogP contribution in [0.5, 0.6) is 0 Å². The molecule has 0 bridgehead atoms. The van der Waals surface area contributed by atoms with E-state index in [9.17, 15) is 4.79 Å². The van der Waals surface area contributed by atoms with Crippen molar-refractivity contribution in [3.63, 3.8) is 0 Å². The van der Waals surface area contributed by atoms with Crippen molar-refractivity contribution in [2.75, 3.05) is 19.7 Å². The number of nitrogens with one attached hydrogen (secondary N) is 1. The summed E-state index contributed by atoms with van der Waals surface area (Å²) in [7, 11) is 0. The molecule has 4 nitrogen and oxygen atoms in total. The highest BCUT2D eigenvalue weighted by Gasteiger charge is 2.27. The zero-order chi connectivity index (χ0) is 13.5. The van der Waals surface area contributed by atoms with Crippen LogP contribution in [-0.2, 0) is 0 Å². The summed E-state index contributed by atoms with van der Waals surface area (Å²) in [5.41, 5.74) is 0. The molecule has 0 aromatic heterocycles. The molecule has 1 fully saturated rings. The summed E-state index contributed by atoms with van der Waals surface area (Å²) in [6.07, 6.45) is 4.39. The molecular weight excluding hydrogens is 228 g/mol. The average molecular weight is 256 g/mol. The Labute approximate surface area is 111 Å². The molecule has 1 saturated carbocycles. The maximum Gasteiger partial charge on any atom is 0.317 e. The number of carbonyl (C=O) groups is 1. The van der Waals surface area contributed by atoms with Crippen LogP contribution in [0.15, 0.2) is 0 Å². The summed E-state index contributed by atoms with van der Waals surface area (Å²) in [5, 5.41) is 12.1. The Morgan fingerprint density at radius 3 is 2.61 bits per heavy atom. The van der Waals surface area contributed by atoms with Gasteiger partial charge in [-0.25, -0.2) is 4.79 Å². The lowest BCUT2D eigenvalue weighted by Gasteiger charge is -2.34. The van der Waals surface area contributed by atoms with Gasteiger partial charge in [0.2, 0.25) is 0 Å². The first-order chi connectivity index (χ1) is 8.58. The van der Waals surface area contributed by atoms with Gasteiger partial charge in [-0.1, -0.05) is 20.8 Å². The fourth-order valence-corrected chi connectivity index (χ4v) is 2.84. The Hall–Kier alpha value is -0.770. The maximum absolute atomic E-state index is 12.1. The molecule has 2 N–H and O–H groups in total. The molecule has 0 spiro atoms. The van der Waals surface area contributed by atoms with E-state index >= 15 is 0 Å². The molecule has 3 atom stereocenters. The van der Waals surface area contributed by atoms with Crippen molar-refractivity contribution in [1.82, 2.24) is 10.2 Å². The van der Waals surface area contributed by atoms with Crippen LogP contribution < -0.4 is 5.32 Å². The highest BCUT2D eigenvalue weighted by Crippen LogP contribution is 2.28. The lowest BCUT2D eigenvalue weighted by molar-refractivity contribution is 0.160. The molecule has 0 aliphatic heterocycles. The minimum atomic E-state index is -0.0164. The molecule has 0 saturated heterocycles. The highest BCUT2D eigenvalue weighted by molar-refractivity contribution is 5.74. The largest absolute Gasteiger partial charge is 0.395 e. The third-order valence-corrected chi connectivity index (χ3v) is 3.89. The molecule has 0 radical (unpaired) electrons. The van der Waals surface area contributed by atoms with E-state index in [1.807, 2.05) is 6.92 Å². The predicted octanol–water partition coefficient (Wildman–Crippen LogP) is 2.22. The SMILES string of the molecule is CCCN(CCO)C(=O)NC1CCC(C)CC1C. The van der Waals surface area contributed by atoms with Crippen LogP contribution in [0.4, 0.5) is 4.79 Å². The number of hydrogen-bond donors (Lipinski definition) is 2. The fraction of sp³-hybridized carbons (Fsp3) is 0.929. The second kappa shape index (κ2) is 7.62. The van der Waals surface area contributed by atoms with Gasteiger partial charge >= 0.3 is 6.03 Å². The number of hydrogen-bond acceptors (Lipinski definition) is 2. The Morgan fingerprint density at radius 2 is 2.06 bits per heavy atom. The number of aliphatic hydroxyl groups excluding tert-OH is 1. The summed E-state index contributed by atoms with van der Waals surface area (Å²) in [6.45, 7) is 7.72. The van der Waals surface area contributed by atoms with Crippen LogP contribution in [0.3, 0.4) is 0 Å². The monoisotopic (exact) mass is 256 g/mol. The van der Waals surface area contributed by atoms with E-state index in [2.05, 4.69) is 19.2 Å². The Bertz CT molecular complexity index is 252. The van der Waals surface area contributed by atoms with E-state index in [-0.39, 0.29) is 12.6 Å². The van der Waals surface area contributed by atoms with Crippen molar-refractivity contribution >= 4 is 6.03 Å². The van der Waals surface area contributed by atoms with Gasteiger partial charge in [0.25, 0.3) is 0 Å². The second-order valence-electron chi connectivity index (χ2n) is 5.66. The molecule has 1 rings (SSSR count). The van der Waals surface area contributed by atoms with E-state index in [0.29, 0.717) is 25.0 Å². The summed E-state index contributed by atoms with van der Waals surface area (Å²) >= 11 is 0. The van der Waals surface area contributed by atoms with E-state index < -0.39 is 0 Å². The topological polar surface area (TPSA) is 52.6 Å². The smallest absolute Gasteiger partial charge is 0.317 e. The molecule has 3 unspecified atom stereocenters. The van der Waals surface area contributed by atoms with Crippen molar-refractivity contribution in [3.8, 4) is 0 Å². The molecular formula is C14H28N2O2. The van der Waals surface area contributed by atoms with Gasteiger partial charge in [0.15, 0.2) is 0 Å². The average Bonchev–Trinajstić information content (AvgIpc) is 2.32. The molecule has 2 amide bonds. The Kier molecular flexibility index (Phi) is 6.47. The summed E-state index contributed by atoms with van der Waals surface area (Å²) in [5.74, 6) is 1.33. The third-order valence-electron chi connectivity index (χ3n) is 3.89. The number of nitrogens with zero attached hydrogens (tertiary/aromatic N) is 1. The van der Waals surface area contributed by atoms with E-state index in [1.54, 1.807) is 4.90 Å². The van der Waals surface area contributed by atoms with Crippen molar-refractivity contribution in [2.45, 2.75) is 52.5 Å². The number of urea groups is 1. The summed E-state index contributed by atoms with van der Waals surface area (Å²) in [6, 6.07) is 0.282. The van der Waals surface area contributed by atoms with Gasteiger partial charge in [-0.15, -0.1) is 0 Å². The zero-order valence-corrected chi connectivity index (χ0v) is 12.0. The first-order valence-corrected chi connectivity index (χ1v) is 7.24. The van der Waals surface area contributed by atoms with Gasteiger partial charge in [0.05, 0.1) is 6.61 Å². The Morgan fingerprint density at radius 1 is 1.33 bits per heavy atom. The summed E-state index contributed by atoms with van der Waals surface area (Å²) < 4.78 is 0. The molecule has 0 aromatic carbocycles. The van der Waals surface area contributed by atoms with Crippen LogP contribution in [0.1, 0.15) is 46.5 Å². The number of amides is 2. The first kappa shape index (κ1) is 15.3. The van der Waals surface area contributed by atoms with Gasteiger partial charge in [-0.2, -0.15) is 0 Å². The van der Waals surface area contributed by atoms with E-state index in [0.717, 1.165) is 18.8 Å². The van der Waals surface area contributed by atoms with Crippen LogP contribution in [-0.4, -0.2) is 41.8 Å². The molecule has 106 valence electrons. The van der Waals surface area contributed by atoms with Gasteiger partial charge in [-0.3, -0.25) is 0 Å². The van der Waals surface area contributed by atoms with E-state index in [1.165, 1.54) is 12.8 Å². The van der Waals surface area contributed by atoms with Crippen molar-refractivity contribution < 1.29 is 9.90 Å². The van der Waals surface area contributed by atoms with Crippen LogP contribution in [0.25, 0.3) is 0 Å². The van der Waals surface area contributed by atoms with Crippen LogP contribution in [0, 0.1) is 11.8 Å². The van der Waals surface area contributed by atoms with Gasteiger partial charge < -0.3 is 15.3 Å². The Balaban J connectivity index is 2.46. The lowest BCUT2D eigenvalue weighted by atomic mass is 9.80. The maximum atomic E-state index is 12.1. The number of aliphatic hydroxyl groups is 1. The second-order valence-corrected chi connectivity index (χ2v) is 5.66. The first-order valence-electron chi connectivity index (χ1n) is 7.24. The molecule has 4 heteroatoms. The quantitative estimate of drug-likeness (QED) is 0.792. The minimum Gasteiger partial charge on any atom is -0.395 e. The van der Waals surface area contributed by atoms with Crippen LogP contribution >= 0.6 is 0 Å². The number of carbonyl (C=O) groups excluding carboxylic acids is 1. The highest BCUT2D eigenvalue weighted by atomic mass is 16.3. The lowest BCUT2D eigenvalue weighted by Crippen LogP contribution is -2.49. The fourth-order valence-electron chi connectivity index (χ4n) is 2.84. The number of rotatable bonds is 5. The zero-order valence-electron chi connectivity index (χ0n) is 12.0. The van der Waals surface area contributed by atoms with Crippen molar-refractivity contribution in [2.24, 2.45) is 11.8 Å². The molecule has 1 aliphatic rings. The molecule has 18 heavy (non-hydrogen) atoms. The van der Waals surface area contributed by atoms with Crippen LogP contribution in [0.2, 0.25) is 0 Å². The normalized spacial score (nSPS) is 27.9. The predicted molar refractivity (Wildman–Crippen MR) is 73.4 cm³/mol. The third kappa shape index (κ3) is 4.48. The van der Waals surface area contributed by atoms with Crippen molar-refractivity contribution in [1.29, 1.82) is 0 Å². The van der Waals surface area contributed by atoms with Crippen molar-refractivity contribution in [3.05, 3.63) is 0 Å². The minimum absolute atomic E-state index is 0.0164. The van der Waals surface area contributed by atoms with Gasteiger partial charge in [0, 0.05) is 19.1 Å². The molecule has 1 aliphatic carbocycles.